The highest BCUT2D eigenvalue weighted by Crippen LogP contribution is 2.25. The molecule has 0 aliphatic rings. The predicted molar refractivity (Wildman–Crippen MR) is 115 cm³/mol. The minimum absolute atomic E-state index is 0.0816. The molecule has 1 heterocycles. The molecule has 0 saturated heterocycles. The highest BCUT2D eigenvalue weighted by atomic mass is 35.5. The SMILES string of the molecule is CC(=O)OCCOCn1cc(Cc2cccc(Oc3cccc(Cl)c3)c2)c(=O)[nH]c1=O. The number of hydrogen-bond acceptors (Lipinski definition) is 6. The Morgan fingerprint density at radius 2 is 1.81 bits per heavy atom. The average molecular weight is 445 g/mol. The summed E-state index contributed by atoms with van der Waals surface area (Å²) in [4.78, 5) is 37.3. The van der Waals surface area contributed by atoms with Gasteiger partial charge in [-0.3, -0.25) is 19.1 Å². The third kappa shape index (κ3) is 6.84. The number of aromatic nitrogens is 2. The van der Waals surface area contributed by atoms with Gasteiger partial charge in [0.2, 0.25) is 0 Å². The molecule has 3 aromatic rings. The number of H-pyrrole nitrogens is 1. The number of aromatic amines is 1. The van der Waals surface area contributed by atoms with Crippen molar-refractivity contribution in [1.29, 1.82) is 0 Å². The lowest BCUT2D eigenvalue weighted by molar-refractivity contribution is -0.142. The first-order chi connectivity index (χ1) is 14.9. The monoisotopic (exact) mass is 444 g/mol. The molecule has 0 radical (unpaired) electrons. The first-order valence-electron chi connectivity index (χ1n) is 9.47. The summed E-state index contributed by atoms with van der Waals surface area (Å²) in [7, 11) is 0. The van der Waals surface area contributed by atoms with Crippen molar-refractivity contribution < 1.29 is 19.0 Å². The molecular formula is C22H21ClN2O6. The van der Waals surface area contributed by atoms with Crippen molar-refractivity contribution in [3.63, 3.8) is 0 Å². The molecule has 0 unspecified atom stereocenters. The molecule has 0 aliphatic carbocycles. The van der Waals surface area contributed by atoms with Crippen molar-refractivity contribution in [2.45, 2.75) is 20.1 Å². The Morgan fingerprint density at radius 1 is 1.06 bits per heavy atom. The van der Waals surface area contributed by atoms with Gasteiger partial charge < -0.3 is 14.2 Å². The summed E-state index contributed by atoms with van der Waals surface area (Å²) >= 11 is 5.98. The molecule has 0 atom stereocenters. The Labute approximate surface area is 183 Å². The molecule has 0 aliphatic heterocycles. The second-order valence-corrected chi connectivity index (χ2v) is 7.08. The van der Waals surface area contributed by atoms with Gasteiger partial charge in [-0.15, -0.1) is 0 Å². The highest BCUT2D eigenvalue weighted by molar-refractivity contribution is 6.30. The van der Waals surface area contributed by atoms with Crippen molar-refractivity contribution in [3.05, 3.63) is 91.7 Å². The number of rotatable bonds is 9. The van der Waals surface area contributed by atoms with Crippen LogP contribution in [-0.4, -0.2) is 28.7 Å². The van der Waals surface area contributed by atoms with Crippen LogP contribution in [-0.2, 0) is 27.4 Å². The van der Waals surface area contributed by atoms with Crippen LogP contribution in [0.4, 0.5) is 0 Å². The maximum atomic E-state index is 12.2. The lowest BCUT2D eigenvalue weighted by atomic mass is 10.1. The quantitative estimate of drug-likeness (QED) is 0.402. The van der Waals surface area contributed by atoms with Crippen LogP contribution in [0.15, 0.2) is 64.3 Å². The number of nitrogens with zero attached hydrogens (tertiary/aromatic N) is 1. The molecule has 0 spiro atoms. The largest absolute Gasteiger partial charge is 0.463 e. The summed E-state index contributed by atoms with van der Waals surface area (Å²) in [5.41, 5.74) is 0.163. The third-order valence-corrected chi connectivity index (χ3v) is 4.41. The molecule has 0 saturated carbocycles. The lowest BCUT2D eigenvalue weighted by Crippen LogP contribution is -2.32. The van der Waals surface area contributed by atoms with Gasteiger partial charge in [0, 0.05) is 30.1 Å². The maximum absolute atomic E-state index is 12.2. The first kappa shape index (κ1) is 22.3. The summed E-state index contributed by atoms with van der Waals surface area (Å²) < 4.78 is 17.2. The second kappa shape index (κ2) is 10.6. The first-order valence-corrected chi connectivity index (χ1v) is 9.84. The minimum Gasteiger partial charge on any atom is -0.463 e. The highest BCUT2D eigenvalue weighted by Gasteiger charge is 2.08. The number of nitrogens with one attached hydrogen (secondary N) is 1. The van der Waals surface area contributed by atoms with Gasteiger partial charge >= 0.3 is 11.7 Å². The maximum Gasteiger partial charge on any atom is 0.330 e. The zero-order valence-corrected chi connectivity index (χ0v) is 17.6. The van der Waals surface area contributed by atoms with Crippen LogP contribution in [0.2, 0.25) is 5.02 Å². The number of carbonyl (C=O) groups excluding carboxylic acids is 1. The van der Waals surface area contributed by atoms with Crippen molar-refractivity contribution in [3.8, 4) is 11.5 Å². The van der Waals surface area contributed by atoms with E-state index < -0.39 is 17.2 Å². The summed E-state index contributed by atoms with van der Waals surface area (Å²) in [6.07, 6.45) is 1.74. The number of carbonyl (C=O) groups is 1. The van der Waals surface area contributed by atoms with E-state index in [1.807, 2.05) is 18.2 Å². The predicted octanol–water partition coefficient (Wildman–Crippen LogP) is 3.11. The van der Waals surface area contributed by atoms with Crippen LogP contribution in [0.1, 0.15) is 18.1 Å². The molecule has 0 amide bonds. The Morgan fingerprint density at radius 3 is 2.55 bits per heavy atom. The number of esters is 1. The molecule has 8 nitrogen and oxygen atoms in total. The van der Waals surface area contributed by atoms with Gasteiger partial charge in [0.15, 0.2) is 0 Å². The van der Waals surface area contributed by atoms with Crippen LogP contribution in [0.25, 0.3) is 0 Å². The van der Waals surface area contributed by atoms with Crippen molar-refractivity contribution in [2.75, 3.05) is 13.2 Å². The van der Waals surface area contributed by atoms with Crippen molar-refractivity contribution in [2.24, 2.45) is 0 Å². The summed E-state index contributed by atoms with van der Waals surface area (Å²) in [6.45, 7) is 1.43. The molecule has 31 heavy (non-hydrogen) atoms. The number of benzene rings is 2. The van der Waals surface area contributed by atoms with E-state index in [1.165, 1.54) is 17.7 Å². The molecule has 1 N–H and O–H groups in total. The third-order valence-electron chi connectivity index (χ3n) is 4.17. The second-order valence-electron chi connectivity index (χ2n) is 6.64. The molecule has 0 bridgehead atoms. The average Bonchev–Trinajstić information content (AvgIpc) is 2.71. The zero-order valence-electron chi connectivity index (χ0n) is 16.8. The van der Waals surface area contributed by atoms with E-state index in [0.29, 0.717) is 22.1 Å². The van der Waals surface area contributed by atoms with Gasteiger partial charge in [-0.1, -0.05) is 29.8 Å². The fraction of sp³-hybridized carbons (Fsp3) is 0.227. The Kier molecular flexibility index (Phi) is 7.64. The molecule has 3 rings (SSSR count). The van der Waals surface area contributed by atoms with E-state index in [-0.39, 0.29) is 26.4 Å². The molecule has 1 aromatic heterocycles. The normalized spacial score (nSPS) is 10.6. The fourth-order valence-electron chi connectivity index (χ4n) is 2.79. The molecule has 2 aromatic carbocycles. The standard InChI is InChI=1S/C22H21ClN2O6/c1-15(26)30-9-8-29-14-25-13-17(21(27)24-22(25)28)10-16-4-2-6-19(11-16)31-20-7-3-5-18(23)12-20/h2-7,11-13H,8-10,14H2,1H3,(H,24,27,28). The minimum atomic E-state index is -0.584. The van der Waals surface area contributed by atoms with Gasteiger partial charge in [0.1, 0.15) is 24.8 Å². The molecule has 0 fully saturated rings. The Balaban J connectivity index is 1.69. The number of ether oxygens (including phenoxy) is 3. The van der Waals surface area contributed by atoms with Gasteiger partial charge in [0.25, 0.3) is 5.56 Å². The Hall–Kier alpha value is -3.36. The van der Waals surface area contributed by atoms with E-state index in [4.69, 9.17) is 25.8 Å². The van der Waals surface area contributed by atoms with Gasteiger partial charge in [-0.05, 0) is 35.9 Å². The van der Waals surface area contributed by atoms with Crippen LogP contribution in [0, 0.1) is 0 Å². The van der Waals surface area contributed by atoms with Crippen LogP contribution < -0.4 is 16.0 Å². The lowest BCUT2D eigenvalue weighted by Gasteiger charge is -2.10. The van der Waals surface area contributed by atoms with Gasteiger partial charge in [-0.2, -0.15) is 0 Å². The summed E-state index contributed by atoms with van der Waals surface area (Å²) in [5, 5.41) is 0.567. The summed E-state index contributed by atoms with van der Waals surface area (Å²) in [6, 6.07) is 14.3. The van der Waals surface area contributed by atoms with E-state index in [9.17, 15) is 14.4 Å². The molecular weight excluding hydrogens is 424 g/mol. The van der Waals surface area contributed by atoms with E-state index in [2.05, 4.69) is 4.98 Å². The van der Waals surface area contributed by atoms with E-state index in [0.717, 1.165) is 5.56 Å². The molecule has 9 heteroatoms. The van der Waals surface area contributed by atoms with Gasteiger partial charge in [0.05, 0.1) is 6.61 Å². The van der Waals surface area contributed by atoms with Crippen LogP contribution in [0.5, 0.6) is 11.5 Å². The van der Waals surface area contributed by atoms with Crippen LogP contribution >= 0.6 is 11.6 Å². The van der Waals surface area contributed by atoms with Crippen molar-refractivity contribution >= 4 is 17.6 Å². The Bertz CT molecular complexity index is 1170. The zero-order chi connectivity index (χ0) is 22.2. The number of halogens is 1. The molecule has 162 valence electrons. The van der Waals surface area contributed by atoms with Gasteiger partial charge in [-0.25, -0.2) is 4.79 Å². The summed E-state index contributed by atoms with van der Waals surface area (Å²) in [5.74, 6) is 0.786. The van der Waals surface area contributed by atoms with Crippen molar-refractivity contribution in [1.82, 2.24) is 9.55 Å². The number of hydrogen-bond donors (Lipinski definition) is 1. The fourth-order valence-corrected chi connectivity index (χ4v) is 2.97. The van der Waals surface area contributed by atoms with E-state index >= 15 is 0 Å². The van der Waals surface area contributed by atoms with E-state index in [1.54, 1.807) is 30.3 Å². The van der Waals surface area contributed by atoms with Crippen LogP contribution in [0.3, 0.4) is 0 Å². The smallest absolute Gasteiger partial charge is 0.330 e. The topological polar surface area (TPSA) is 99.6 Å².